The third-order valence-corrected chi connectivity index (χ3v) is 1.80. The largest absolute Gasteiger partial charge is 0.232 e. The lowest BCUT2D eigenvalue weighted by Crippen LogP contribution is -1.97. The van der Waals surface area contributed by atoms with Crippen LogP contribution in [0.15, 0.2) is 5.03 Å². The lowest BCUT2D eigenvalue weighted by molar-refractivity contribution is 0.567. The summed E-state index contributed by atoms with van der Waals surface area (Å²) in [5.41, 5.74) is 0. The zero-order chi connectivity index (χ0) is 7.28. The fraction of sp³-hybridized carbons (Fsp3) is 0.667. The van der Waals surface area contributed by atoms with Crippen LogP contribution in [0.2, 0.25) is 0 Å². The van der Waals surface area contributed by atoms with Crippen LogP contribution >= 0.6 is 23.2 Å². The Kier molecular flexibility index (Phi) is 4.88. The third-order valence-electron chi connectivity index (χ3n) is 0.915. The highest BCUT2D eigenvalue weighted by atomic mass is 35.5. The second-order valence-electron chi connectivity index (χ2n) is 1.71. The van der Waals surface area contributed by atoms with Gasteiger partial charge in [-0.15, -0.1) is 11.6 Å². The molecule has 3 heteroatoms. The molecule has 0 heterocycles. The Morgan fingerprint density at radius 3 is 2.67 bits per heavy atom. The second kappa shape index (κ2) is 4.87. The van der Waals surface area contributed by atoms with Crippen LogP contribution in [0.4, 0.5) is 0 Å². The summed E-state index contributed by atoms with van der Waals surface area (Å²) < 4.78 is 0. The first-order chi connectivity index (χ1) is 4.22. The van der Waals surface area contributed by atoms with Crippen molar-refractivity contribution in [2.45, 2.75) is 25.1 Å². The maximum Gasteiger partial charge on any atom is 0.141 e. The van der Waals surface area contributed by atoms with Crippen molar-refractivity contribution in [3.8, 4) is 0 Å². The summed E-state index contributed by atoms with van der Waals surface area (Å²) in [6.45, 7) is 1.98. The maximum absolute atomic E-state index is 9.84. The van der Waals surface area contributed by atoms with Crippen LogP contribution in [0, 0.1) is 0 Å². The quantitative estimate of drug-likeness (QED) is 0.465. The first kappa shape index (κ1) is 9.03. The summed E-state index contributed by atoms with van der Waals surface area (Å²) >= 11 is 11.0. The molecule has 0 aromatic rings. The number of hydrogen-bond donors (Lipinski definition) is 0. The van der Waals surface area contributed by atoms with E-state index in [1.54, 1.807) is 5.94 Å². The topological polar surface area (TPSA) is 17.1 Å². The van der Waals surface area contributed by atoms with E-state index in [0.717, 1.165) is 12.8 Å². The molecular weight excluding hydrogens is 159 g/mol. The van der Waals surface area contributed by atoms with Crippen LogP contribution in [0.5, 0.6) is 0 Å². The Morgan fingerprint density at radius 1 is 1.78 bits per heavy atom. The Bertz CT molecular complexity index is 127. The lowest BCUT2D eigenvalue weighted by atomic mass is 10.2. The summed E-state index contributed by atoms with van der Waals surface area (Å²) in [5.74, 6) is 1.55. The molecule has 0 aromatic carbocycles. The van der Waals surface area contributed by atoms with Gasteiger partial charge < -0.3 is 0 Å². The molecule has 0 spiro atoms. The van der Waals surface area contributed by atoms with Crippen molar-refractivity contribution in [2.75, 3.05) is 0 Å². The lowest BCUT2D eigenvalue weighted by Gasteiger charge is -2.00. The molecule has 0 aliphatic heterocycles. The number of hydrogen-bond acceptors (Lipinski definition) is 1. The number of alkyl halides is 1. The van der Waals surface area contributed by atoms with Crippen molar-refractivity contribution in [3.63, 3.8) is 0 Å². The predicted octanol–water partition coefficient (Wildman–Crippen LogP) is 2.35. The molecule has 0 radical (unpaired) electrons. The van der Waals surface area contributed by atoms with E-state index in [2.05, 4.69) is 0 Å². The van der Waals surface area contributed by atoms with Gasteiger partial charge in [-0.3, -0.25) is 0 Å². The highest BCUT2D eigenvalue weighted by Crippen LogP contribution is 2.15. The van der Waals surface area contributed by atoms with E-state index >= 15 is 0 Å². The molecule has 1 unspecified atom stereocenters. The van der Waals surface area contributed by atoms with Crippen LogP contribution in [0.25, 0.3) is 0 Å². The average molecular weight is 167 g/mol. The van der Waals surface area contributed by atoms with E-state index in [1.807, 2.05) is 6.92 Å². The summed E-state index contributed by atoms with van der Waals surface area (Å²) in [6.07, 6.45) is 1.65. The summed E-state index contributed by atoms with van der Waals surface area (Å²) in [5, 5.41) is -0.257. The molecule has 0 rings (SSSR count). The Labute approximate surface area is 64.6 Å². The molecular formula is C6H8Cl2O. The van der Waals surface area contributed by atoms with Crippen LogP contribution in [-0.4, -0.2) is 11.3 Å². The van der Waals surface area contributed by atoms with Crippen molar-refractivity contribution in [2.24, 2.45) is 0 Å². The van der Waals surface area contributed by atoms with Gasteiger partial charge in [0.15, 0.2) is 0 Å². The molecule has 0 saturated heterocycles. The van der Waals surface area contributed by atoms with Crippen molar-refractivity contribution < 1.29 is 4.79 Å². The minimum absolute atomic E-state index is 0.0820. The molecule has 0 bridgehead atoms. The van der Waals surface area contributed by atoms with Gasteiger partial charge >= 0.3 is 0 Å². The highest BCUT2D eigenvalue weighted by molar-refractivity contribution is 6.40. The maximum atomic E-state index is 9.84. The minimum atomic E-state index is -0.339. The van der Waals surface area contributed by atoms with Crippen molar-refractivity contribution >= 4 is 29.1 Å². The van der Waals surface area contributed by atoms with E-state index in [9.17, 15) is 4.79 Å². The number of rotatable bonds is 3. The fourth-order valence-electron chi connectivity index (χ4n) is 0.444. The van der Waals surface area contributed by atoms with Crippen LogP contribution in [-0.2, 0) is 4.79 Å². The fourth-order valence-corrected chi connectivity index (χ4v) is 0.816. The van der Waals surface area contributed by atoms with E-state index in [0.29, 0.717) is 0 Å². The molecule has 0 aromatic heterocycles. The summed E-state index contributed by atoms with van der Waals surface area (Å²) in [4.78, 5) is 9.84. The molecule has 1 nitrogen and oxygen atoms in total. The smallest absolute Gasteiger partial charge is 0.141 e. The molecule has 0 fully saturated rings. The Morgan fingerprint density at radius 2 is 2.33 bits per heavy atom. The molecule has 52 valence electrons. The van der Waals surface area contributed by atoms with Gasteiger partial charge in [0.1, 0.15) is 11.0 Å². The standard InChI is InChI=1S/C6H8Cl2O/c1-2-3-5(7)6(8)4-9/h5H,2-3H2,1H3. The molecule has 0 amide bonds. The van der Waals surface area contributed by atoms with Gasteiger partial charge in [0.05, 0.1) is 5.38 Å². The van der Waals surface area contributed by atoms with E-state index < -0.39 is 0 Å². The zero-order valence-electron chi connectivity index (χ0n) is 5.16. The number of halogens is 2. The van der Waals surface area contributed by atoms with Gasteiger partial charge in [-0.2, -0.15) is 0 Å². The summed E-state index contributed by atoms with van der Waals surface area (Å²) in [6, 6.07) is 0. The number of allylic oxidation sites excluding steroid dienone is 1. The van der Waals surface area contributed by atoms with E-state index in [1.165, 1.54) is 0 Å². The second-order valence-corrected chi connectivity index (χ2v) is 2.64. The molecule has 0 aliphatic carbocycles. The molecule has 1 atom stereocenters. The average Bonchev–Trinajstić information content (AvgIpc) is 1.87. The van der Waals surface area contributed by atoms with Crippen LogP contribution < -0.4 is 0 Å². The van der Waals surface area contributed by atoms with Gasteiger partial charge in [0.2, 0.25) is 0 Å². The predicted molar refractivity (Wildman–Crippen MR) is 39.6 cm³/mol. The third kappa shape index (κ3) is 3.58. The van der Waals surface area contributed by atoms with E-state index in [-0.39, 0.29) is 10.4 Å². The van der Waals surface area contributed by atoms with Gasteiger partial charge in [-0.25, -0.2) is 4.79 Å². The first-order valence-corrected chi connectivity index (χ1v) is 3.58. The normalized spacial score (nSPS) is 12.3. The van der Waals surface area contributed by atoms with Crippen LogP contribution in [0.1, 0.15) is 19.8 Å². The number of carbonyl (C=O) groups excluding carboxylic acids is 1. The molecule has 0 saturated carbocycles. The minimum Gasteiger partial charge on any atom is -0.232 e. The van der Waals surface area contributed by atoms with Gasteiger partial charge in [0.25, 0.3) is 0 Å². The molecule has 0 aliphatic rings. The van der Waals surface area contributed by atoms with Crippen molar-refractivity contribution in [1.29, 1.82) is 0 Å². The Hall–Kier alpha value is 0.0300. The van der Waals surface area contributed by atoms with Gasteiger partial charge in [-0.1, -0.05) is 24.9 Å². The van der Waals surface area contributed by atoms with E-state index in [4.69, 9.17) is 23.2 Å². The molecule has 0 N–H and O–H groups in total. The Balaban J connectivity index is 3.73. The highest BCUT2D eigenvalue weighted by Gasteiger charge is 2.06. The van der Waals surface area contributed by atoms with Crippen molar-refractivity contribution in [3.05, 3.63) is 5.03 Å². The summed E-state index contributed by atoms with van der Waals surface area (Å²) in [7, 11) is 0. The SMILES string of the molecule is CCCC(Cl)C(Cl)=C=O. The monoisotopic (exact) mass is 166 g/mol. The van der Waals surface area contributed by atoms with Crippen LogP contribution in [0.3, 0.4) is 0 Å². The zero-order valence-corrected chi connectivity index (χ0v) is 6.67. The molecule has 9 heavy (non-hydrogen) atoms. The van der Waals surface area contributed by atoms with Gasteiger partial charge in [-0.05, 0) is 6.42 Å². The van der Waals surface area contributed by atoms with Gasteiger partial charge in [0, 0.05) is 0 Å². The first-order valence-electron chi connectivity index (χ1n) is 2.77. The van der Waals surface area contributed by atoms with Crippen molar-refractivity contribution in [1.82, 2.24) is 0 Å².